The topological polar surface area (TPSA) is 245 Å². The third kappa shape index (κ3) is 3.64. The van der Waals surface area contributed by atoms with Crippen LogP contribution in [0.3, 0.4) is 0 Å². The average molecular weight is 498 g/mol. The van der Waals surface area contributed by atoms with Crippen molar-refractivity contribution in [2.75, 3.05) is 6.61 Å². The number of carboxylic acids is 1. The number of hydrogen-bond acceptors (Lipinski definition) is 13. The van der Waals surface area contributed by atoms with Crippen LogP contribution in [0, 0.1) is 6.92 Å². The number of aliphatic hydroxyl groups is 4. The number of aromatic hydroxyl groups is 4. The van der Waals surface area contributed by atoms with Crippen molar-refractivity contribution in [2.24, 2.45) is 0 Å². The zero-order valence-electron chi connectivity index (χ0n) is 18.8. The second-order valence-electron chi connectivity index (χ2n) is 8.22. The SMILES string of the molecule is Cc1c(C(=O)[O-])c(O)cc2c1C(=O)c1c(O)c([C@@H]3OC(CO)[C@@H](O)[C@H](O)[C@@H]3O)c(O)c(O)c1C2=O.[Li+]. The van der Waals surface area contributed by atoms with E-state index in [9.17, 15) is 60.3 Å². The minimum Gasteiger partial charge on any atom is -0.545 e. The van der Waals surface area contributed by atoms with Crippen molar-refractivity contribution < 1.29 is 83.9 Å². The first-order valence-corrected chi connectivity index (χ1v) is 10.1. The molecule has 1 aliphatic carbocycles. The van der Waals surface area contributed by atoms with Crippen molar-refractivity contribution in [3.63, 3.8) is 0 Å². The molecule has 13 nitrogen and oxygen atoms in total. The van der Waals surface area contributed by atoms with Crippen LogP contribution in [0.15, 0.2) is 6.07 Å². The van der Waals surface area contributed by atoms with E-state index >= 15 is 0 Å². The van der Waals surface area contributed by atoms with Gasteiger partial charge in [-0.25, -0.2) is 0 Å². The Kier molecular flexibility index (Phi) is 7.15. The van der Waals surface area contributed by atoms with E-state index < -0.39 is 111 Å². The fraction of sp³-hybridized carbons (Fsp3) is 0.318. The Morgan fingerprint density at radius 2 is 1.50 bits per heavy atom. The first-order valence-electron chi connectivity index (χ1n) is 10.1. The van der Waals surface area contributed by atoms with Gasteiger partial charge in [0, 0.05) is 16.7 Å². The molecule has 2 aromatic rings. The molecule has 1 saturated heterocycles. The Bertz CT molecular complexity index is 1300. The summed E-state index contributed by atoms with van der Waals surface area (Å²) < 4.78 is 5.29. The number of hydrogen-bond donors (Lipinski definition) is 8. The molecule has 8 N–H and O–H groups in total. The van der Waals surface area contributed by atoms with Crippen LogP contribution >= 0.6 is 0 Å². The summed E-state index contributed by atoms with van der Waals surface area (Å²) in [6, 6.07) is 0.676. The number of carboxylic acid groups (broad SMARTS) is 1. The van der Waals surface area contributed by atoms with Crippen molar-refractivity contribution >= 4 is 17.5 Å². The molecule has 4 rings (SSSR count). The quantitative estimate of drug-likeness (QED) is 0.0955. The summed E-state index contributed by atoms with van der Waals surface area (Å²) in [5, 5.41) is 93.4. The molecule has 14 heteroatoms. The Labute approximate surface area is 213 Å². The van der Waals surface area contributed by atoms with Gasteiger partial charge < -0.3 is 55.5 Å². The predicted octanol–water partition coefficient (Wildman–Crippen LogP) is -5.52. The van der Waals surface area contributed by atoms with Crippen LogP contribution < -0.4 is 24.0 Å². The summed E-state index contributed by atoms with van der Waals surface area (Å²) in [5.41, 5.74) is -4.78. The summed E-state index contributed by atoms with van der Waals surface area (Å²) in [6.07, 6.45) is -9.16. The molecular weight excluding hydrogens is 479 g/mol. The summed E-state index contributed by atoms with van der Waals surface area (Å²) in [6.45, 7) is 0.245. The molecule has 1 heterocycles. The average Bonchev–Trinajstić information content (AvgIpc) is 2.79. The van der Waals surface area contributed by atoms with E-state index in [1.54, 1.807) is 0 Å². The third-order valence-corrected chi connectivity index (χ3v) is 6.32. The fourth-order valence-electron chi connectivity index (χ4n) is 4.57. The number of ether oxygens (including phenoxy) is 1. The maximum atomic E-state index is 13.4. The number of benzene rings is 2. The van der Waals surface area contributed by atoms with Crippen LogP contribution in [0.5, 0.6) is 23.0 Å². The van der Waals surface area contributed by atoms with Gasteiger partial charge in [-0.1, -0.05) is 0 Å². The van der Waals surface area contributed by atoms with Gasteiger partial charge in [-0.2, -0.15) is 0 Å². The Hall–Kier alpha value is -3.15. The van der Waals surface area contributed by atoms with Gasteiger partial charge in [-0.3, -0.25) is 9.59 Å². The van der Waals surface area contributed by atoms with Crippen LogP contribution in [0.1, 0.15) is 59.4 Å². The molecule has 186 valence electrons. The molecule has 1 fully saturated rings. The van der Waals surface area contributed by atoms with E-state index in [1.807, 2.05) is 0 Å². The first kappa shape index (κ1) is 27.4. The van der Waals surface area contributed by atoms with Gasteiger partial charge in [-0.15, -0.1) is 0 Å². The second kappa shape index (κ2) is 9.38. The predicted molar refractivity (Wildman–Crippen MR) is 108 cm³/mol. The summed E-state index contributed by atoms with van der Waals surface area (Å²) in [5.74, 6) is -8.64. The summed E-state index contributed by atoms with van der Waals surface area (Å²) in [4.78, 5) is 37.9. The first-order chi connectivity index (χ1) is 16.3. The van der Waals surface area contributed by atoms with Crippen molar-refractivity contribution in [1.29, 1.82) is 0 Å². The molecule has 1 aliphatic heterocycles. The summed E-state index contributed by atoms with van der Waals surface area (Å²) in [7, 11) is 0. The van der Waals surface area contributed by atoms with E-state index in [4.69, 9.17) is 4.74 Å². The number of fused-ring (bicyclic) bond motifs is 2. The minimum atomic E-state index is -2.04. The van der Waals surface area contributed by atoms with Gasteiger partial charge in [0.2, 0.25) is 0 Å². The zero-order valence-corrected chi connectivity index (χ0v) is 18.8. The Morgan fingerprint density at radius 1 is 0.917 bits per heavy atom. The van der Waals surface area contributed by atoms with Crippen LogP contribution in [0.25, 0.3) is 0 Å². The maximum Gasteiger partial charge on any atom is 1.00 e. The second-order valence-corrected chi connectivity index (χ2v) is 8.22. The molecule has 1 unspecified atom stereocenters. The van der Waals surface area contributed by atoms with Gasteiger partial charge >= 0.3 is 18.9 Å². The van der Waals surface area contributed by atoms with Crippen LogP contribution in [-0.2, 0) is 4.74 Å². The molecule has 2 aliphatic rings. The molecule has 0 spiro atoms. The van der Waals surface area contributed by atoms with Crippen molar-refractivity contribution in [3.8, 4) is 23.0 Å². The van der Waals surface area contributed by atoms with Crippen molar-refractivity contribution in [1.82, 2.24) is 0 Å². The molecule has 0 saturated carbocycles. The largest absolute Gasteiger partial charge is 1.00 e. The van der Waals surface area contributed by atoms with Gasteiger partial charge in [-0.05, 0) is 18.6 Å². The summed E-state index contributed by atoms with van der Waals surface area (Å²) >= 11 is 0. The number of carbonyl (C=O) groups is 3. The van der Waals surface area contributed by atoms with Gasteiger partial charge in [0.25, 0.3) is 0 Å². The van der Waals surface area contributed by atoms with E-state index in [0.717, 1.165) is 6.92 Å². The molecule has 2 aromatic carbocycles. The number of carbonyl (C=O) groups excluding carboxylic acids is 3. The number of ketones is 2. The fourth-order valence-corrected chi connectivity index (χ4v) is 4.57. The Balaban J connectivity index is 0.00000361. The van der Waals surface area contributed by atoms with Crippen molar-refractivity contribution in [3.05, 3.63) is 45.0 Å². The monoisotopic (exact) mass is 498 g/mol. The van der Waals surface area contributed by atoms with Gasteiger partial charge in [0.05, 0.1) is 29.3 Å². The molecule has 0 radical (unpaired) electrons. The molecule has 36 heavy (non-hydrogen) atoms. The molecule has 5 atom stereocenters. The van der Waals surface area contributed by atoms with E-state index in [0.29, 0.717) is 6.07 Å². The smallest absolute Gasteiger partial charge is 0.545 e. The van der Waals surface area contributed by atoms with Crippen molar-refractivity contribution in [2.45, 2.75) is 37.4 Å². The van der Waals surface area contributed by atoms with Crippen LogP contribution in [-0.4, -0.2) is 89.4 Å². The van der Waals surface area contributed by atoms with Crippen LogP contribution in [0.2, 0.25) is 0 Å². The van der Waals surface area contributed by atoms with E-state index in [1.165, 1.54) is 0 Å². The van der Waals surface area contributed by atoms with E-state index in [-0.39, 0.29) is 24.4 Å². The van der Waals surface area contributed by atoms with Crippen LogP contribution in [0.4, 0.5) is 0 Å². The van der Waals surface area contributed by atoms with E-state index in [2.05, 4.69) is 0 Å². The third-order valence-electron chi connectivity index (χ3n) is 6.32. The number of rotatable bonds is 3. The Morgan fingerprint density at radius 3 is 2.06 bits per heavy atom. The number of phenolic OH excluding ortho intramolecular Hbond substituents is 3. The molecule has 0 amide bonds. The number of phenols is 4. The minimum absolute atomic E-state index is 0. The molecule has 0 aromatic heterocycles. The molecule has 0 bridgehead atoms. The number of aromatic carboxylic acids is 1. The van der Waals surface area contributed by atoms with Gasteiger partial charge in [0.1, 0.15) is 42.0 Å². The van der Waals surface area contributed by atoms with Gasteiger partial charge in [0.15, 0.2) is 23.1 Å². The molecular formula is C22H19LiO13. The maximum absolute atomic E-state index is 13.4. The standard InChI is InChI=1S/C22H20O13.Li/c1-4-8-5(2-6(24)9(4)22(33)34)13(25)10-11(15(8)27)16(28)12(18(30)17(10)29)21-20(32)19(31)14(26)7(3-23)35-21;/h2,7,14,19-21,23-24,26,28-32H,3H2,1H3,(H,33,34);/q;+1/p-1/t7?,14-,19+,20+,21+;/m1./s1. The normalized spacial score (nSPS) is 25.1. The number of aliphatic hydroxyl groups excluding tert-OH is 4. The zero-order chi connectivity index (χ0) is 26.1.